The maximum Gasteiger partial charge on any atom is 0.353 e. The highest BCUT2D eigenvalue weighted by Gasteiger charge is 2.15. The highest BCUT2D eigenvalue weighted by atomic mass is 32.1. The van der Waals surface area contributed by atoms with E-state index in [9.17, 15) is 4.79 Å². The lowest BCUT2D eigenvalue weighted by Gasteiger charge is -2.16. The molecule has 0 saturated heterocycles. The lowest BCUT2D eigenvalue weighted by atomic mass is 9.96. The number of benzene rings is 2. The third-order valence-corrected chi connectivity index (χ3v) is 8.05. The average molecular weight is 548 g/mol. The molecular formula is C29H29N3O4S2. The van der Waals surface area contributed by atoms with Crippen LogP contribution in [0, 0.1) is 0 Å². The Morgan fingerprint density at radius 1 is 0.974 bits per heavy atom. The van der Waals surface area contributed by atoms with Crippen molar-refractivity contribution >= 4 is 34.9 Å². The molecule has 0 aliphatic heterocycles. The number of esters is 1. The number of aromatic nitrogens is 1. The van der Waals surface area contributed by atoms with Crippen LogP contribution < -0.4 is 19.0 Å². The van der Waals surface area contributed by atoms with Crippen molar-refractivity contribution in [1.82, 2.24) is 4.68 Å². The monoisotopic (exact) mass is 547 g/mol. The van der Waals surface area contributed by atoms with Crippen molar-refractivity contribution in [3.63, 3.8) is 0 Å². The topological polar surface area (TPSA) is 74.4 Å². The van der Waals surface area contributed by atoms with Crippen molar-refractivity contribution in [3.8, 4) is 28.5 Å². The summed E-state index contributed by atoms with van der Waals surface area (Å²) in [6.07, 6.45) is 7.72. The number of rotatable bonds is 8. The summed E-state index contributed by atoms with van der Waals surface area (Å²) >= 11 is 2.93. The lowest BCUT2D eigenvalue weighted by molar-refractivity contribution is 0.0735. The zero-order valence-electron chi connectivity index (χ0n) is 21.3. The fourth-order valence-electron chi connectivity index (χ4n) is 4.34. The largest absolute Gasteiger partial charge is 0.497 e. The van der Waals surface area contributed by atoms with E-state index in [4.69, 9.17) is 24.3 Å². The van der Waals surface area contributed by atoms with E-state index in [1.54, 1.807) is 50.0 Å². The summed E-state index contributed by atoms with van der Waals surface area (Å²) < 4.78 is 18.3. The van der Waals surface area contributed by atoms with Gasteiger partial charge in [-0.3, -0.25) is 4.99 Å². The summed E-state index contributed by atoms with van der Waals surface area (Å²) in [6.45, 7) is 0. The fraction of sp³-hybridized carbons (Fsp3) is 0.276. The van der Waals surface area contributed by atoms with Crippen LogP contribution in [0.1, 0.15) is 47.3 Å². The molecule has 0 amide bonds. The molecule has 196 valence electrons. The van der Waals surface area contributed by atoms with Crippen LogP contribution in [-0.4, -0.2) is 37.1 Å². The summed E-state index contributed by atoms with van der Waals surface area (Å²) in [7, 11) is 3.21. The van der Waals surface area contributed by atoms with Gasteiger partial charge < -0.3 is 14.2 Å². The van der Waals surface area contributed by atoms with Crippen molar-refractivity contribution in [2.45, 2.75) is 38.1 Å². The number of hydrogen-bond donors (Lipinski definition) is 0. The van der Waals surface area contributed by atoms with Crippen molar-refractivity contribution in [2.75, 3.05) is 14.2 Å². The zero-order chi connectivity index (χ0) is 26.3. The van der Waals surface area contributed by atoms with Gasteiger partial charge in [0.1, 0.15) is 10.6 Å². The minimum atomic E-state index is -0.411. The number of thiophene rings is 1. The summed E-state index contributed by atoms with van der Waals surface area (Å²) in [5, 5.41) is 8.77. The molecule has 0 unspecified atom stereocenters. The molecule has 9 heteroatoms. The first-order valence-electron chi connectivity index (χ1n) is 12.5. The van der Waals surface area contributed by atoms with Gasteiger partial charge in [-0.15, -0.1) is 22.7 Å². The van der Waals surface area contributed by atoms with Gasteiger partial charge in [-0.05, 0) is 72.3 Å². The van der Waals surface area contributed by atoms with Gasteiger partial charge >= 0.3 is 5.97 Å². The number of ether oxygens (including phenoxy) is 3. The molecule has 2 aromatic heterocycles. The molecule has 0 radical (unpaired) electrons. The van der Waals surface area contributed by atoms with E-state index in [1.165, 1.54) is 30.6 Å². The third-order valence-electron chi connectivity index (χ3n) is 6.37. The van der Waals surface area contributed by atoms with E-state index in [2.05, 4.69) is 5.38 Å². The Labute approximate surface area is 229 Å². The molecule has 1 aliphatic carbocycles. The Balaban J connectivity index is 1.46. The number of nitrogens with zero attached hydrogens (tertiary/aromatic N) is 3. The second kappa shape index (κ2) is 12.2. The van der Waals surface area contributed by atoms with E-state index >= 15 is 0 Å². The molecule has 2 aromatic carbocycles. The smallest absolute Gasteiger partial charge is 0.353 e. The first kappa shape index (κ1) is 25.9. The van der Waals surface area contributed by atoms with Crippen molar-refractivity contribution in [1.29, 1.82) is 0 Å². The second-order valence-electron chi connectivity index (χ2n) is 8.89. The van der Waals surface area contributed by atoms with E-state index < -0.39 is 5.97 Å². The van der Waals surface area contributed by atoms with Gasteiger partial charge in [0.2, 0.25) is 4.80 Å². The minimum absolute atomic E-state index is 0.324. The van der Waals surface area contributed by atoms with Gasteiger partial charge in [-0.1, -0.05) is 25.3 Å². The number of carbonyl (C=O) groups is 1. The van der Waals surface area contributed by atoms with Crippen LogP contribution in [0.25, 0.3) is 11.3 Å². The molecule has 2 heterocycles. The molecule has 4 aromatic rings. The Morgan fingerprint density at radius 3 is 2.50 bits per heavy atom. The predicted molar refractivity (Wildman–Crippen MR) is 152 cm³/mol. The predicted octanol–water partition coefficient (Wildman–Crippen LogP) is 6.63. The van der Waals surface area contributed by atoms with Gasteiger partial charge in [0.25, 0.3) is 0 Å². The van der Waals surface area contributed by atoms with Crippen molar-refractivity contribution in [3.05, 3.63) is 80.6 Å². The molecule has 0 spiro atoms. The van der Waals surface area contributed by atoms with E-state index in [0.717, 1.165) is 40.2 Å². The highest BCUT2D eigenvalue weighted by Crippen LogP contribution is 2.29. The summed E-state index contributed by atoms with van der Waals surface area (Å²) in [5.41, 5.74) is 2.79. The lowest BCUT2D eigenvalue weighted by Crippen LogP contribution is -2.19. The van der Waals surface area contributed by atoms with Crippen LogP contribution in [0.3, 0.4) is 0 Å². The van der Waals surface area contributed by atoms with Crippen LogP contribution in [-0.2, 0) is 0 Å². The van der Waals surface area contributed by atoms with Gasteiger partial charge in [0, 0.05) is 10.9 Å². The molecule has 0 N–H and O–H groups in total. The fourth-order valence-corrected chi connectivity index (χ4v) is 5.85. The normalized spacial score (nSPS) is 14.6. The average Bonchev–Trinajstić information content (AvgIpc) is 3.64. The SMILES string of the molecule is COc1ccc(-c2csc(=NC3CCCCC3)n2/N=C\c2ccc(OC(=O)c3cccs3)c(OC)c2)cc1. The van der Waals surface area contributed by atoms with E-state index in [1.807, 2.05) is 46.5 Å². The van der Waals surface area contributed by atoms with E-state index in [0.29, 0.717) is 22.4 Å². The Morgan fingerprint density at radius 2 is 1.79 bits per heavy atom. The Bertz CT molecular complexity index is 1460. The molecule has 7 nitrogen and oxygen atoms in total. The third kappa shape index (κ3) is 6.06. The maximum absolute atomic E-state index is 12.4. The van der Waals surface area contributed by atoms with Crippen LogP contribution in [0.5, 0.6) is 17.2 Å². The number of methoxy groups -OCH3 is 2. The van der Waals surface area contributed by atoms with Gasteiger partial charge in [-0.2, -0.15) is 5.10 Å². The van der Waals surface area contributed by atoms with Gasteiger partial charge in [-0.25, -0.2) is 9.47 Å². The summed E-state index contributed by atoms with van der Waals surface area (Å²) in [4.78, 5) is 18.9. The molecular weight excluding hydrogens is 518 g/mol. The van der Waals surface area contributed by atoms with Crippen LogP contribution in [0.4, 0.5) is 0 Å². The molecule has 1 aliphatic rings. The molecule has 1 fully saturated rings. The first-order chi connectivity index (χ1) is 18.6. The molecule has 38 heavy (non-hydrogen) atoms. The number of thiazole rings is 1. The number of hydrogen-bond acceptors (Lipinski definition) is 8. The first-order valence-corrected chi connectivity index (χ1v) is 14.3. The van der Waals surface area contributed by atoms with Gasteiger partial charge in [0.15, 0.2) is 11.5 Å². The quantitative estimate of drug-likeness (QED) is 0.141. The summed E-state index contributed by atoms with van der Waals surface area (Å²) in [6, 6.07) is 17.2. The number of carbonyl (C=O) groups excluding carboxylic acids is 1. The van der Waals surface area contributed by atoms with Crippen molar-refractivity contribution < 1.29 is 19.0 Å². The van der Waals surface area contributed by atoms with Gasteiger partial charge in [0.05, 0.1) is 32.2 Å². The zero-order valence-corrected chi connectivity index (χ0v) is 23.0. The van der Waals surface area contributed by atoms with Crippen LogP contribution in [0.2, 0.25) is 0 Å². The molecule has 0 atom stereocenters. The summed E-state index contributed by atoms with van der Waals surface area (Å²) in [5.74, 6) is 1.21. The van der Waals surface area contributed by atoms with E-state index in [-0.39, 0.29) is 0 Å². The Kier molecular flexibility index (Phi) is 8.35. The maximum atomic E-state index is 12.4. The standard InChI is InChI=1S/C29H29N3O4S2/c1-34-23-13-11-21(12-14-23)24-19-38-29(31-22-7-4-3-5-8-22)32(24)30-18-20-10-15-25(26(17-20)35-2)36-28(33)27-9-6-16-37-27/h6,9-19,22H,3-5,7-8H2,1-2H3/b30-18-,31-29?. The molecule has 0 bridgehead atoms. The molecule has 1 saturated carbocycles. The Hall–Kier alpha value is -3.69. The molecule has 5 rings (SSSR count). The highest BCUT2D eigenvalue weighted by molar-refractivity contribution is 7.12. The minimum Gasteiger partial charge on any atom is -0.497 e. The second-order valence-corrected chi connectivity index (χ2v) is 10.7. The van der Waals surface area contributed by atoms with Crippen LogP contribution in [0.15, 0.2) is 75.5 Å². The van der Waals surface area contributed by atoms with Crippen LogP contribution >= 0.6 is 22.7 Å². The van der Waals surface area contributed by atoms with Crippen molar-refractivity contribution in [2.24, 2.45) is 10.1 Å².